The zero-order valence-electron chi connectivity index (χ0n) is 13.6. The first kappa shape index (κ1) is 16.7. The topological polar surface area (TPSA) is 102 Å². The Morgan fingerprint density at radius 2 is 1.96 bits per heavy atom. The molecule has 1 atom stereocenters. The smallest absolute Gasteiger partial charge is 0.287 e. The molecule has 1 aromatic heterocycles. The molecule has 1 saturated carbocycles. The molecule has 1 aromatic carbocycles. The zero-order valence-corrected chi connectivity index (χ0v) is 14.4. The molecule has 1 aliphatic rings. The van der Waals surface area contributed by atoms with E-state index in [-0.39, 0.29) is 22.5 Å². The van der Waals surface area contributed by atoms with Crippen molar-refractivity contribution in [1.82, 2.24) is 5.32 Å². The van der Waals surface area contributed by atoms with Crippen LogP contribution in [0.3, 0.4) is 0 Å². The molecule has 1 heterocycles. The number of sulfonamides is 1. The number of hydrogen-bond donors (Lipinski definition) is 2. The number of carbonyl (C=O) groups is 1. The fraction of sp³-hybridized carbons (Fsp3) is 0.353. The van der Waals surface area contributed by atoms with Crippen LogP contribution in [0.25, 0.3) is 0 Å². The number of benzene rings is 1. The predicted molar refractivity (Wildman–Crippen MR) is 88.9 cm³/mol. The van der Waals surface area contributed by atoms with Gasteiger partial charge in [0.05, 0.1) is 6.04 Å². The number of hydrogen-bond acceptors (Lipinski definition) is 4. The summed E-state index contributed by atoms with van der Waals surface area (Å²) in [5.41, 5.74) is 2.18. The van der Waals surface area contributed by atoms with Gasteiger partial charge in [-0.15, -0.1) is 0 Å². The third-order valence-corrected chi connectivity index (χ3v) is 5.32. The second-order valence-corrected chi connectivity index (χ2v) is 7.75. The Labute approximate surface area is 141 Å². The van der Waals surface area contributed by atoms with Crippen LogP contribution in [0.4, 0.5) is 0 Å². The van der Waals surface area contributed by atoms with Gasteiger partial charge in [0.1, 0.15) is 10.7 Å². The molecular weight excluding hydrogens is 328 g/mol. The molecule has 24 heavy (non-hydrogen) atoms. The largest absolute Gasteiger partial charge is 0.455 e. The SMILES string of the molecule is Cc1ccccc1[C@H](NC(=O)c1cc(S(N)(=O)=O)c(C)o1)C1CC1. The standard InChI is InChI=1S/C17H20N2O4S/c1-10-5-3-4-6-13(10)16(12-7-8-12)19-17(20)14-9-15(11(2)23-14)24(18,21)22/h3-6,9,12,16H,7-8H2,1-2H3,(H,19,20)(H2,18,21,22)/t16-/m1/s1. The predicted octanol–water partition coefficient (Wildman–Crippen LogP) is 2.42. The molecule has 0 aliphatic heterocycles. The molecule has 0 saturated heterocycles. The van der Waals surface area contributed by atoms with E-state index in [9.17, 15) is 13.2 Å². The lowest BCUT2D eigenvalue weighted by atomic mass is 9.97. The highest BCUT2D eigenvalue weighted by molar-refractivity contribution is 7.89. The Morgan fingerprint density at radius 3 is 2.50 bits per heavy atom. The van der Waals surface area contributed by atoms with Crippen molar-refractivity contribution >= 4 is 15.9 Å². The van der Waals surface area contributed by atoms with Gasteiger partial charge in [-0.05, 0) is 43.7 Å². The summed E-state index contributed by atoms with van der Waals surface area (Å²) in [5, 5.41) is 8.10. The number of nitrogens with one attached hydrogen (secondary N) is 1. The van der Waals surface area contributed by atoms with E-state index in [0.717, 1.165) is 24.0 Å². The first-order valence-electron chi connectivity index (χ1n) is 7.77. The van der Waals surface area contributed by atoms with Gasteiger partial charge in [-0.2, -0.15) is 0 Å². The van der Waals surface area contributed by atoms with Crippen molar-refractivity contribution < 1.29 is 17.6 Å². The Morgan fingerprint density at radius 1 is 1.29 bits per heavy atom. The van der Waals surface area contributed by atoms with Crippen molar-refractivity contribution in [2.24, 2.45) is 11.1 Å². The van der Waals surface area contributed by atoms with Crippen molar-refractivity contribution in [2.75, 3.05) is 0 Å². The van der Waals surface area contributed by atoms with E-state index in [1.807, 2.05) is 31.2 Å². The Bertz CT molecular complexity index is 882. The highest BCUT2D eigenvalue weighted by Crippen LogP contribution is 2.42. The molecule has 2 aromatic rings. The molecule has 1 aliphatic carbocycles. The number of rotatable bonds is 5. The second kappa shape index (κ2) is 6.07. The molecule has 6 nitrogen and oxygen atoms in total. The minimum Gasteiger partial charge on any atom is -0.455 e. The van der Waals surface area contributed by atoms with Gasteiger partial charge in [-0.3, -0.25) is 4.79 Å². The lowest BCUT2D eigenvalue weighted by molar-refractivity contribution is 0.0902. The number of furan rings is 1. The third kappa shape index (κ3) is 3.37. The highest BCUT2D eigenvalue weighted by atomic mass is 32.2. The minimum absolute atomic E-state index is 0.0456. The van der Waals surface area contributed by atoms with Crippen LogP contribution >= 0.6 is 0 Å². The summed E-state index contributed by atoms with van der Waals surface area (Å²) in [6, 6.07) is 8.98. The summed E-state index contributed by atoms with van der Waals surface area (Å²) in [7, 11) is -3.91. The fourth-order valence-corrected chi connectivity index (χ4v) is 3.60. The van der Waals surface area contributed by atoms with Crippen LogP contribution in [0.15, 0.2) is 39.6 Å². The maximum atomic E-state index is 12.5. The molecule has 1 fully saturated rings. The van der Waals surface area contributed by atoms with Crippen LogP contribution in [0, 0.1) is 19.8 Å². The molecule has 1 amide bonds. The van der Waals surface area contributed by atoms with E-state index in [4.69, 9.17) is 9.56 Å². The van der Waals surface area contributed by atoms with Crippen molar-refractivity contribution in [1.29, 1.82) is 0 Å². The second-order valence-electron chi connectivity index (χ2n) is 6.22. The fourth-order valence-electron chi connectivity index (χ4n) is 2.89. The lowest BCUT2D eigenvalue weighted by Crippen LogP contribution is -2.30. The summed E-state index contributed by atoms with van der Waals surface area (Å²) < 4.78 is 28.3. The first-order chi connectivity index (χ1) is 11.3. The van der Waals surface area contributed by atoms with Crippen LogP contribution in [-0.4, -0.2) is 14.3 Å². The van der Waals surface area contributed by atoms with Gasteiger partial charge >= 0.3 is 0 Å². The van der Waals surface area contributed by atoms with E-state index < -0.39 is 15.9 Å². The molecule has 3 rings (SSSR count). The van der Waals surface area contributed by atoms with Gasteiger partial charge in [0, 0.05) is 6.07 Å². The van der Waals surface area contributed by atoms with E-state index >= 15 is 0 Å². The first-order valence-corrected chi connectivity index (χ1v) is 9.31. The molecule has 128 valence electrons. The Balaban J connectivity index is 1.86. The molecule has 0 unspecified atom stereocenters. The van der Waals surface area contributed by atoms with Crippen LogP contribution < -0.4 is 10.5 Å². The van der Waals surface area contributed by atoms with Crippen LogP contribution in [0.5, 0.6) is 0 Å². The van der Waals surface area contributed by atoms with Crippen molar-refractivity contribution in [3.05, 3.63) is 53.0 Å². The van der Waals surface area contributed by atoms with Gasteiger partial charge in [-0.25, -0.2) is 13.6 Å². The lowest BCUT2D eigenvalue weighted by Gasteiger charge is -2.20. The van der Waals surface area contributed by atoms with E-state index in [2.05, 4.69) is 5.32 Å². The number of nitrogens with two attached hydrogens (primary N) is 1. The average molecular weight is 348 g/mol. The monoisotopic (exact) mass is 348 g/mol. The summed E-state index contributed by atoms with van der Waals surface area (Å²) in [4.78, 5) is 12.4. The van der Waals surface area contributed by atoms with Gasteiger partial charge in [0.2, 0.25) is 10.0 Å². The van der Waals surface area contributed by atoms with Crippen molar-refractivity contribution in [2.45, 2.75) is 37.6 Å². The summed E-state index contributed by atoms with van der Waals surface area (Å²) >= 11 is 0. The van der Waals surface area contributed by atoms with Gasteiger partial charge < -0.3 is 9.73 Å². The summed E-state index contributed by atoms with van der Waals surface area (Å²) in [5.74, 6) is 0.0225. The minimum atomic E-state index is -3.91. The summed E-state index contributed by atoms with van der Waals surface area (Å²) in [6.45, 7) is 3.48. The molecule has 0 spiro atoms. The molecule has 7 heteroatoms. The molecule has 0 radical (unpaired) electrons. The van der Waals surface area contributed by atoms with Crippen LogP contribution in [-0.2, 0) is 10.0 Å². The Hall–Kier alpha value is -2.12. The van der Waals surface area contributed by atoms with Gasteiger partial charge in [0.15, 0.2) is 5.76 Å². The van der Waals surface area contributed by atoms with E-state index in [1.54, 1.807) is 0 Å². The van der Waals surface area contributed by atoms with Crippen LogP contribution in [0.2, 0.25) is 0 Å². The van der Waals surface area contributed by atoms with Gasteiger partial charge in [-0.1, -0.05) is 24.3 Å². The number of carbonyl (C=O) groups excluding carboxylic acids is 1. The maximum Gasteiger partial charge on any atom is 0.287 e. The quantitative estimate of drug-likeness (QED) is 0.866. The van der Waals surface area contributed by atoms with Gasteiger partial charge in [0.25, 0.3) is 5.91 Å². The molecule has 0 bridgehead atoms. The van der Waals surface area contributed by atoms with E-state index in [0.29, 0.717) is 5.92 Å². The molecular formula is C17H20N2O4S. The highest BCUT2D eigenvalue weighted by Gasteiger charge is 2.35. The molecule has 3 N–H and O–H groups in total. The van der Waals surface area contributed by atoms with Crippen molar-refractivity contribution in [3.63, 3.8) is 0 Å². The zero-order chi connectivity index (χ0) is 17.5. The number of amides is 1. The third-order valence-electron chi connectivity index (χ3n) is 4.31. The van der Waals surface area contributed by atoms with Crippen molar-refractivity contribution in [3.8, 4) is 0 Å². The van der Waals surface area contributed by atoms with Crippen LogP contribution in [0.1, 0.15) is 46.3 Å². The average Bonchev–Trinajstić information content (AvgIpc) is 3.26. The maximum absolute atomic E-state index is 12.5. The number of primary sulfonamides is 1. The normalized spacial score (nSPS) is 16.0. The summed E-state index contributed by atoms with van der Waals surface area (Å²) in [6.07, 6.45) is 2.11. The van der Waals surface area contributed by atoms with E-state index in [1.165, 1.54) is 13.0 Å². The number of aryl methyl sites for hydroxylation is 2. The Kier molecular flexibility index (Phi) is 4.23.